The number of hydrogen-bond donors (Lipinski definition) is 0. The van der Waals surface area contributed by atoms with Gasteiger partial charge in [-0.1, -0.05) is 11.3 Å². The summed E-state index contributed by atoms with van der Waals surface area (Å²) in [6.07, 6.45) is 7.80. The number of nitrogens with zero attached hydrogens (tertiary/aromatic N) is 6. The summed E-state index contributed by atoms with van der Waals surface area (Å²) in [5, 5.41) is 8.76. The van der Waals surface area contributed by atoms with Crippen LogP contribution in [0.3, 0.4) is 0 Å². The summed E-state index contributed by atoms with van der Waals surface area (Å²) in [5.41, 5.74) is 6.76. The minimum atomic E-state index is 0.0300. The Balaban J connectivity index is 1.50. The lowest BCUT2D eigenvalue weighted by atomic mass is 9.95. The molecule has 0 radical (unpaired) electrons. The second kappa shape index (κ2) is 8.27. The molecule has 0 N–H and O–H groups in total. The van der Waals surface area contributed by atoms with Crippen LogP contribution in [0.2, 0.25) is 0 Å². The van der Waals surface area contributed by atoms with Gasteiger partial charge in [0.25, 0.3) is 5.56 Å². The van der Waals surface area contributed by atoms with E-state index >= 15 is 0 Å². The molecule has 5 rings (SSSR count). The maximum absolute atomic E-state index is 13.4. The van der Waals surface area contributed by atoms with Crippen molar-refractivity contribution in [1.29, 1.82) is 0 Å². The van der Waals surface area contributed by atoms with Gasteiger partial charge < -0.3 is 4.74 Å². The maximum Gasteiger partial charge on any atom is 0.261 e. The Bertz CT molecular complexity index is 1330. The van der Waals surface area contributed by atoms with Crippen LogP contribution in [0.15, 0.2) is 41.7 Å². The summed E-state index contributed by atoms with van der Waals surface area (Å²) in [4.78, 5) is 22.6. The van der Waals surface area contributed by atoms with Gasteiger partial charge in [-0.15, -0.1) is 5.10 Å². The number of pyridine rings is 1. The summed E-state index contributed by atoms with van der Waals surface area (Å²) in [5.74, 6) is 0. The van der Waals surface area contributed by atoms with E-state index in [0.29, 0.717) is 25.0 Å². The molecule has 32 heavy (non-hydrogen) atoms. The lowest BCUT2D eigenvalue weighted by Crippen LogP contribution is -2.29. The first kappa shape index (κ1) is 20.5. The molecular formula is C24H26N6O2. The molecule has 4 heterocycles. The SMILES string of the molecule is Cc1c(Cc2ccc(-c3cn(C)nn3)nc2)cc2c(=O)n(C3CCOCC3)cnc2c1C. The molecule has 1 aliphatic heterocycles. The molecule has 1 fully saturated rings. The van der Waals surface area contributed by atoms with E-state index in [1.165, 1.54) is 0 Å². The van der Waals surface area contributed by atoms with Crippen LogP contribution in [0, 0.1) is 13.8 Å². The van der Waals surface area contributed by atoms with Gasteiger partial charge in [0.05, 0.1) is 29.1 Å². The second-order valence-electron chi connectivity index (χ2n) is 8.49. The molecule has 4 aromatic rings. The van der Waals surface area contributed by atoms with Crippen molar-refractivity contribution in [1.82, 2.24) is 29.5 Å². The van der Waals surface area contributed by atoms with Gasteiger partial charge in [0.15, 0.2) is 0 Å². The number of aryl methyl sites for hydroxylation is 2. The fourth-order valence-corrected chi connectivity index (χ4v) is 4.38. The first-order chi connectivity index (χ1) is 15.5. The average Bonchev–Trinajstić information content (AvgIpc) is 3.25. The van der Waals surface area contributed by atoms with E-state index in [1.54, 1.807) is 15.6 Å². The second-order valence-corrected chi connectivity index (χ2v) is 8.49. The molecule has 0 amide bonds. The topological polar surface area (TPSA) is 87.7 Å². The highest BCUT2D eigenvalue weighted by atomic mass is 16.5. The lowest BCUT2D eigenvalue weighted by Gasteiger charge is -2.24. The van der Waals surface area contributed by atoms with Crippen LogP contribution < -0.4 is 5.56 Å². The highest BCUT2D eigenvalue weighted by Gasteiger charge is 2.19. The third kappa shape index (κ3) is 3.71. The van der Waals surface area contributed by atoms with Gasteiger partial charge in [-0.2, -0.15) is 0 Å². The van der Waals surface area contributed by atoms with Crippen LogP contribution in [0.25, 0.3) is 22.3 Å². The number of ether oxygens (including phenoxy) is 1. The fourth-order valence-electron chi connectivity index (χ4n) is 4.38. The van der Waals surface area contributed by atoms with Crippen LogP contribution in [-0.2, 0) is 18.2 Å². The van der Waals surface area contributed by atoms with Crippen molar-refractivity contribution in [3.63, 3.8) is 0 Å². The van der Waals surface area contributed by atoms with E-state index in [1.807, 2.05) is 38.5 Å². The molecular weight excluding hydrogens is 404 g/mol. The molecule has 8 heteroatoms. The molecule has 8 nitrogen and oxygen atoms in total. The van der Waals surface area contributed by atoms with E-state index in [-0.39, 0.29) is 11.6 Å². The normalized spacial score (nSPS) is 14.8. The summed E-state index contributed by atoms with van der Waals surface area (Å²) < 4.78 is 8.91. The third-order valence-electron chi connectivity index (χ3n) is 6.42. The first-order valence-electron chi connectivity index (χ1n) is 10.9. The molecule has 3 aromatic heterocycles. The fraction of sp³-hybridized carbons (Fsp3) is 0.375. The molecule has 0 saturated carbocycles. The quantitative estimate of drug-likeness (QED) is 0.494. The first-order valence-corrected chi connectivity index (χ1v) is 10.9. The van der Waals surface area contributed by atoms with E-state index in [9.17, 15) is 4.79 Å². The largest absolute Gasteiger partial charge is 0.381 e. The number of hydrogen-bond acceptors (Lipinski definition) is 6. The van der Waals surface area contributed by atoms with E-state index in [4.69, 9.17) is 4.74 Å². The Morgan fingerprint density at radius 1 is 1.09 bits per heavy atom. The van der Waals surface area contributed by atoms with Gasteiger partial charge >= 0.3 is 0 Å². The molecule has 1 aromatic carbocycles. The molecule has 0 aliphatic carbocycles. The van der Waals surface area contributed by atoms with Gasteiger partial charge in [-0.05, 0) is 67.5 Å². The standard InChI is InChI=1S/C24H26N6O2/c1-15-16(2)23-20(24(31)30(14-26-23)19-6-8-32-9-7-19)11-18(15)10-17-4-5-21(25-12-17)22-13-29(3)28-27-22/h4-5,11-14,19H,6-10H2,1-3H3. The summed E-state index contributed by atoms with van der Waals surface area (Å²) in [6, 6.07) is 6.18. The van der Waals surface area contributed by atoms with Gasteiger partial charge in [-0.3, -0.25) is 19.0 Å². The molecule has 0 bridgehead atoms. The summed E-state index contributed by atoms with van der Waals surface area (Å²) in [7, 11) is 1.83. The van der Waals surface area contributed by atoms with Crippen LogP contribution in [0.1, 0.15) is 41.1 Å². The van der Waals surface area contributed by atoms with Crippen molar-refractivity contribution >= 4 is 10.9 Å². The van der Waals surface area contributed by atoms with Crippen LogP contribution >= 0.6 is 0 Å². The molecule has 1 aliphatic rings. The lowest BCUT2D eigenvalue weighted by molar-refractivity contribution is 0.0685. The molecule has 0 atom stereocenters. The van der Waals surface area contributed by atoms with Crippen molar-refractivity contribution in [2.75, 3.05) is 13.2 Å². The number of rotatable bonds is 4. The Hall–Kier alpha value is -3.39. The number of aromatic nitrogens is 6. The monoisotopic (exact) mass is 430 g/mol. The van der Waals surface area contributed by atoms with E-state index in [2.05, 4.69) is 33.3 Å². The zero-order valence-electron chi connectivity index (χ0n) is 18.6. The minimum Gasteiger partial charge on any atom is -0.381 e. The zero-order chi connectivity index (χ0) is 22.2. The van der Waals surface area contributed by atoms with Crippen molar-refractivity contribution in [2.45, 2.75) is 39.2 Å². The molecule has 1 saturated heterocycles. The molecule has 0 spiro atoms. The van der Waals surface area contributed by atoms with Crippen LogP contribution in [-0.4, -0.2) is 42.7 Å². The van der Waals surface area contributed by atoms with Gasteiger partial charge in [-0.25, -0.2) is 4.98 Å². The van der Waals surface area contributed by atoms with Crippen molar-refractivity contribution in [2.24, 2.45) is 7.05 Å². The molecule has 0 unspecified atom stereocenters. The zero-order valence-corrected chi connectivity index (χ0v) is 18.6. The Kier molecular flexibility index (Phi) is 5.30. The van der Waals surface area contributed by atoms with Crippen LogP contribution in [0.4, 0.5) is 0 Å². The smallest absolute Gasteiger partial charge is 0.261 e. The van der Waals surface area contributed by atoms with Crippen molar-refractivity contribution in [3.05, 3.63) is 69.5 Å². The van der Waals surface area contributed by atoms with Gasteiger partial charge in [0.1, 0.15) is 5.69 Å². The van der Waals surface area contributed by atoms with Gasteiger partial charge in [0.2, 0.25) is 0 Å². The third-order valence-corrected chi connectivity index (χ3v) is 6.42. The Labute approximate surface area is 185 Å². The predicted molar refractivity (Wildman–Crippen MR) is 122 cm³/mol. The Morgan fingerprint density at radius 2 is 1.91 bits per heavy atom. The van der Waals surface area contributed by atoms with Gasteiger partial charge in [0, 0.05) is 32.5 Å². The predicted octanol–water partition coefficient (Wildman–Crippen LogP) is 3.15. The number of benzene rings is 1. The minimum absolute atomic E-state index is 0.0300. The average molecular weight is 431 g/mol. The van der Waals surface area contributed by atoms with E-state index < -0.39 is 0 Å². The number of fused-ring (bicyclic) bond motifs is 1. The highest BCUT2D eigenvalue weighted by Crippen LogP contribution is 2.26. The van der Waals surface area contributed by atoms with Crippen molar-refractivity contribution in [3.8, 4) is 11.4 Å². The van der Waals surface area contributed by atoms with E-state index in [0.717, 1.165) is 52.0 Å². The molecule has 164 valence electrons. The van der Waals surface area contributed by atoms with Crippen LogP contribution in [0.5, 0.6) is 0 Å². The summed E-state index contributed by atoms with van der Waals surface area (Å²) >= 11 is 0. The summed E-state index contributed by atoms with van der Waals surface area (Å²) in [6.45, 7) is 5.51. The van der Waals surface area contributed by atoms with Crippen molar-refractivity contribution < 1.29 is 4.74 Å². The Morgan fingerprint density at radius 3 is 2.59 bits per heavy atom. The highest BCUT2D eigenvalue weighted by molar-refractivity contribution is 5.83. The maximum atomic E-state index is 13.4.